The summed E-state index contributed by atoms with van der Waals surface area (Å²) in [4.78, 5) is 51.8. The van der Waals surface area contributed by atoms with E-state index in [1.54, 1.807) is 18.4 Å². The smallest absolute Gasteiger partial charge is 0.468 e. The Hall–Kier alpha value is -3.37. The Labute approximate surface area is 279 Å². The topological polar surface area (TPSA) is 203 Å². The maximum Gasteiger partial charge on any atom is 0.509 e. The summed E-state index contributed by atoms with van der Waals surface area (Å²) in [6.07, 6.45) is 0.255. The number of nitrogens with one attached hydrogen (secondary N) is 3. The van der Waals surface area contributed by atoms with Crippen LogP contribution >= 0.6 is 7.67 Å². The molecule has 5 rings (SSSR count). The number of nitrogens with zero attached hydrogens (tertiary/aromatic N) is 4. The van der Waals surface area contributed by atoms with Crippen LogP contribution in [0, 0.1) is 18.8 Å². The summed E-state index contributed by atoms with van der Waals surface area (Å²) < 4.78 is 49.9. The molecule has 6 atom stereocenters. The van der Waals surface area contributed by atoms with E-state index in [0.29, 0.717) is 28.8 Å². The molecule has 0 spiro atoms. The van der Waals surface area contributed by atoms with Gasteiger partial charge in [0, 0.05) is 6.04 Å². The minimum absolute atomic E-state index is 0.00856. The molecule has 18 heteroatoms. The minimum Gasteiger partial charge on any atom is -0.468 e. The lowest BCUT2D eigenvalue weighted by molar-refractivity contribution is -0.143. The lowest BCUT2D eigenvalue weighted by Crippen LogP contribution is -2.46. The predicted molar refractivity (Wildman–Crippen MR) is 171 cm³/mol. The largest absolute Gasteiger partial charge is 0.509 e. The first-order chi connectivity index (χ1) is 22.7. The van der Waals surface area contributed by atoms with Gasteiger partial charge in [-0.2, -0.15) is 0 Å². The van der Waals surface area contributed by atoms with Crippen molar-refractivity contribution in [3.8, 4) is 0 Å². The molecule has 2 aliphatic heterocycles. The van der Waals surface area contributed by atoms with E-state index < -0.39 is 68.5 Å². The molecule has 1 aliphatic carbocycles. The van der Waals surface area contributed by atoms with E-state index >= 15 is 0 Å². The molecule has 0 bridgehead atoms. The van der Waals surface area contributed by atoms with Gasteiger partial charge in [0.15, 0.2) is 34.9 Å². The molecular weight excluding hydrogens is 649 g/mol. The molecule has 0 radical (unpaired) electrons. The first-order valence-corrected chi connectivity index (χ1v) is 17.8. The molecule has 2 saturated heterocycles. The van der Waals surface area contributed by atoms with Crippen LogP contribution in [0.5, 0.6) is 0 Å². The van der Waals surface area contributed by atoms with Gasteiger partial charge in [-0.3, -0.25) is 18.7 Å². The predicted octanol–water partition coefficient (Wildman–Crippen LogP) is 3.38. The van der Waals surface area contributed by atoms with Crippen LogP contribution in [0.4, 0.5) is 10.6 Å². The third-order valence-corrected chi connectivity index (χ3v) is 10.2. The van der Waals surface area contributed by atoms with E-state index in [2.05, 4.69) is 30.4 Å². The van der Waals surface area contributed by atoms with Crippen molar-refractivity contribution in [2.75, 3.05) is 26.1 Å². The van der Waals surface area contributed by atoms with Crippen LogP contribution in [0.3, 0.4) is 0 Å². The second-order valence-electron chi connectivity index (χ2n) is 13.5. The standard InChI is InChI=1S/C30H46N7O10P/c1-15(2)11-19(26(38)42-7)35-48(41,36-20(12-16(3)4)27(39)43-8)44-13-21-23-30(6,47-29(40)46-23)28(45-21)37-14-31-22-24(34-18-9-10-18)32-17(5)33-25(22)37/h14-16,18-21,23,28H,9-13H2,1-8H3,(H,32,33,34)(H2,35,36,41)/t19?,20?,21-,23+,28-,30?,48?/m1/s1. The van der Waals surface area contributed by atoms with Gasteiger partial charge in [-0.1, -0.05) is 27.7 Å². The van der Waals surface area contributed by atoms with Crippen LogP contribution in [0.15, 0.2) is 6.33 Å². The third-order valence-electron chi connectivity index (χ3n) is 8.38. The SMILES string of the molecule is COC(=O)C(CC(C)C)NP(=O)(NC(CC(C)C)C(=O)OC)OC[C@H]1O[C@@H](n2cnc3c(NC4CC4)nc(C)nc32)C2(C)OC(=O)O[C@@H]12. The fraction of sp³-hybridized carbons (Fsp3) is 0.733. The summed E-state index contributed by atoms with van der Waals surface area (Å²) >= 11 is 0. The number of fused-ring (bicyclic) bond motifs is 2. The number of aryl methyl sites for hydroxylation is 1. The Bertz CT molecular complexity index is 1530. The van der Waals surface area contributed by atoms with Crippen molar-refractivity contribution in [3.63, 3.8) is 0 Å². The molecule has 3 unspecified atom stereocenters. The molecule has 266 valence electrons. The van der Waals surface area contributed by atoms with Crippen molar-refractivity contribution < 1.29 is 47.2 Å². The maximum absolute atomic E-state index is 14.6. The average molecular weight is 696 g/mol. The van der Waals surface area contributed by atoms with Gasteiger partial charge >= 0.3 is 25.8 Å². The maximum atomic E-state index is 14.6. The zero-order chi connectivity index (χ0) is 35.0. The number of methoxy groups -OCH3 is 2. The monoisotopic (exact) mass is 695 g/mol. The zero-order valence-electron chi connectivity index (χ0n) is 28.6. The molecule has 17 nitrogen and oxygen atoms in total. The van der Waals surface area contributed by atoms with E-state index in [4.69, 9.17) is 28.2 Å². The van der Waals surface area contributed by atoms with Crippen molar-refractivity contribution in [2.24, 2.45) is 11.8 Å². The number of carbonyl (C=O) groups excluding carboxylic acids is 3. The van der Waals surface area contributed by atoms with Gasteiger partial charge in [-0.15, -0.1) is 0 Å². The Morgan fingerprint density at radius 3 is 2.21 bits per heavy atom. The molecule has 0 aromatic carbocycles. The lowest BCUT2D eigenvalue weighted by Gasteiger charge is -2.30. The average Bonchev–Trinajstić information content (AvgIpc) is 3.56. The van der Waals surface area contributed by atoms with Gasteiger partial charge in [0.25, 0.3) is 0 Å². The van der Waals surface area contributed by atoms with Gasteiger partial charge in [-0.25, -0.2) is 29.9 Å². The highest BCUT2D eigenvalue weighted by Gasteiger charge is 2.64. The molecule has 3 fully saturated rings. The first-order valence-electron chi connectivity index (χ1n) is 16.1. The van der Waals surface area contributed by atoms with Crippen LogP contribution in [0.1, 0.15) is 72.4 Å². The number of aromatic nitrogens is 4. The molecule has 1 saturated carbocycles. The minimum atomic E-state index is -4.26. The summed E-state index contributed by atoms with van der Waals surface area (Å²) in [5, 5.41) is 8.98. The number of imidazole rings is 1. The van der Waals surface area contributed by atoms with E-state index in [1.165, 1.54) is 20.5 Å². The Balaban J connectivity index is 1.44. The van der Waals surface area contributed by atoms with Gasteiger partial charge in [0.2, 0.25) is 0 Å². The van der Waals surface area contributed by atoms with E-state index in [-0.39, 0.29) is 24.7 Å². The van der Waals surface area contributed by atoms with Crippen LogP contribution in [-0.4, -0.2) is 94.4 Å². The summed E-state index contributed by atoms with van der Waals surface area (Å²) in [5.74, 6) is -0.193. The quantitative estimate of drug-likeness (QED) is 0.131. The van der Waals surface area contributed by atoms with E-state index in [1.807, 2.05) is 27.7 Å². The first kappa shape index (κ1) is 35.9. The second-order valence-corrected chi connectivity index (χ2v) is 15.4. The molecule has 4 heterocycles. The van der Waals surface area contributed by atoms with Crippen molar-refractivity contribution in [1.82, 2.24) is 29.7 Å². The molecule has 3 N–H and O–H groups in total. The van der Waals surface area contributed by atoms with E-state index in [9.17, 15) is 18.9 Å². The van der Waals surface area contributed by atoms with Crippen LogP contribution in [0.2, 0.25) is 0 Å². The fourth-order valence-corrected chi connectivity index (χ4v) is 7.83. The number of rotatable bonds is 16. The highest BCUT2D eigenvalue weighted by molar-refractivity contribution is 7.54. The van der Waals surface area contributed by atoms with Crippen molar-refractivity contribution in [3.05, 3.63) is 12.2 Å². The van der Waals surface area contributed by atoms with Gasteiger partial charge in [0.1, 0.15) is 24.0 Å². The Morgan fingerprint density at radius 1 is 1.06 bits per heavy atom. The number of carbonyl (C=O) groups is 3. The summed E-state index contributed by atoms with van der Waals surface area (Å²) in [6, 6.07) is -1.77. The van der Waals surface area contributed by atoms with Crippen molar-refractivity contribution in [2.45, 2.75) is 109 Å². The lowest BCUT2D eigenvalue weighted by atomic mass is 9.96. The van der Waals surface area contributed by atoms with Crippen LogP contribution in [0.25, 0.3) is 11.2 Å². The fourth-order valence-electron chi connectivity index (χ4n) is 6.01. The number of ether oxygens (including phenoxy) is 5. The van der Waals surface area contributed by atoms with Gasteiger partial charge < -0.3 is 33.5 Å². The molecule has 48 heavy (non-hydrogen) atoms. The molecule has 2 aromatic heterocycles. The highest BCUT2D eigenvalue weighted by Crippen LogP contribution is 2.49. The van der Waals surface area contributed by atoms with Crippen molar-refractivity contribution >= 4 is 42.7 Å². The summed E-state index contributed by atoms with van der Waals surface area (Å²) in [5.41, 5.74) is -0.374. The highest BCUT2D eigenvalue weighted by atomic mass is 31.2. The van der Waals surface area contributed by atoms with E-state index in [0.717, 1.165) is 12.8 Å². The number of anilines is 1. The molecule has 0 amide bonds. The van der Waals surface area contributed by atoms with Gasteiger partial charge in [0.05, 0.1) is 27.2 Å². The molecular formula is C30H46N7O10P. The summed E-state index contributed by atoms with van der Waals surface area (Å²) in [6.45, 7) is 10.6. The molecule has 2 aromatic rings. The number of hydrogen-bond acceptors (Lipinski definition) is 14. The Morgan fingerprint density at radius 2 is 1.67 bits per heavy atom. The second kappa shape index (κ2) is 14.2. The number of esters is 2. The van der Waals surface area contributed by atoms with Crippen LogP contribution in [-0.2, 0) is 42.4 Å². The third kappa shape index (κ3) is 7.75. The van der Waals surface area contributed by atoms with Crippen molar-refractivity contribution in [1.29, 1.82) is 0 Å². The molecule has 3 aliphatic rings. The number of hydrogen-bond donors (Lipinski definition) is 3. The Kier molecular flexibility index (Phi) is 10.7. The summed E-state index contributed by atoms with van der Waals surface area (Å²) in [7, 11) is -1.80. The van der Waals surface area contributed by atoms with Crippen LogP contribution < -0.4 is 15.5 Å². The zero-order valence-corrected chi connectivity index (χ0v) is 29.4. The normalized spacial score (nSPS) is 26.1. The van der Waals surface area contributed by atoms with Gasteiger partial charge in [-0.05, 0) is 51.4 Å².